The van der Waals surface area contributed by atoms with E-state index in [1.807, 2.05) is 23.1 Å². The Bertz CT molecular complexity index is 401. The number of hydrogen-bond donors (Lipinski definition) is 1. The first-order valence-corrected chi connectivity index (χ1v) is 5.91. The van der Waals surface area contributed by atoms with Gasteiger partial charge in [-0.25, -0.2) is 0 Å². The standard InChI is InChI=1S/C13H18N2O/c1-2-10-6-7-11(14)9-12(10)15-8-4-3-5-13(15)16/h6-7,9H,2-5,8,14H2,1H3. The molecule has 1 aromatic rings. The Kier molecular flexibility index (Phi) is 3.13. The Morgan fingerprint density at radius 1 is 1.38 bits per heavy atom. The van der Waals surface area contributed by atoms with Crippen molar-refractivity contribution in [3.05, 3.63) is 23.8 Å². The smallest absolute Gasteiger partial charge is 0.226 e. The largest absolute Gasteiger partial charge is 0.399 e. The first kappa shape index (κ1) is 11.0. The molecule has 1 heterocycles. The van der Waals surface area contributed by atoms with Crippen LogP contribution in [0.5, 0.6) is 0 Å². The van der Waals surface area contributed by atoms with Crippen LogP contribution in [0, 0.1) is 0 Å². The third-order valence-electron chi connectivity index (χ3n) is 3.10. The van der Waals surface area contributed by atoms with Gasteiger partial charge in [0.05, 0.1) is 0 Å². The second kappa shape index (κ2) is 4.56. The Balaban J connectivity index is 2.36. The summed E-state index contributed by atoms with van der Waals surface area (Å²) in [4.78, 5) is 13.7. The summed E-state index contributed by atoms with van der Waals surface area (Å²) in [5.74, 6) is 0.228. The van der Waals surface area contributed by atoms with Crippen LogP contribution in [-0.4, -0.2) is 12.5 Å². The molecule has 0 saturated carbocycles. The molecule has 0 aliphatic carbocycles. The highest BCUT2D eigenvalue weighted by atomic mass is 16.2. The number of carbonyl (C=O) groups excluding carboxylic acids is 1. The van der Waals surface area contributed by atoms with E-state index in [2.05, 4.69) is 6.92 Å². The normalized spacial score (nSPS) is 16.6. The minimum atomic E-state index is 0.228. The fourth-order valence-electron chi connectivity index (χ4n) is 2.19. The molecule has 1 amide bonds. The van der Waals surface area contributed by atoms with Crippen LogP contribution in [-0.2, 0) is 11.2 Å². The molecule has 3 heteroatoms. The zero-order chi connectivity index (χ0) is 11.5. The van der Waals surface area contributed by atoms with E-state index in [0.717, 1.165) is 37.2 Å². The topological polar surface area (TPSA) is 46.3 Å². The number of nitrogens with two attached hydrogens (primary N) is 1. The van der Waals surface area contributed by atoms with Gasteiger partial charge in [0.15, 0.2) is 0 Å². The molecule has 2 N–H and O–H groups in total. The number of benzene rings is 1. The van der Waals surface area contributed by atoms with E-state index >= 15 is 0 Å². The van der Waals surface area contributed by atoms with Crippen molar-refractivity contribution < 1.29 is 4.79 Å². The average molecular weight is 218 g/mol. The molecular weight excluding hydrogens is 200 g/mol. The van der Waals surface area contributed by atoms with Crippen molar-refractivity contribution in [2.24, 2.45) is 0 Å². The van der Waals surface area contributed by atoms with Crippen molar-refractivity contribution in [3.8, 4) is 0 Å². The number of amides is 1. The Morgan fingerprint density at radius 3 is 2.88 bits per heavy atom. The van der Waals surface area contributed by atoms with Crippen LogP contribution in [0.25, 0.3) is 0 Å². The number of carbonyl (C=O) groups is 1. The number of nitrogen functional groups attached to an aromatic ring is 1. The molecule has 1 aliphatic heterocycles. The highest BCUT2D eigenvalue weighted by Gasteiger charge is 2.21. The average Bonchev–Trinajstić information content (AvgIpc) is 2.29. The Hall–Kier alpha value is -1.51. The van der Waals surface area contributed by atoms with E-state index in [0.29, 0.717) is 6.42 Å². The lowest BCUT2D eigenvalue weighted by atomic mass is 10.0. The van der Waals surface area contributed by atoms with Gasteiger partial charge in [-0.15, -0.1) is 0 Å². The Labute approximate surface area is 96.2 Å². The van der Waals surface area contributed by atoms with E-state index in [-0.39, 0.29) is 5.91 Å². The number of piperidine rings is 1. The summed E-state index contributed by atoms with van der Waals surface area (Å²) in [6.45, 7) is 2.93. The van der Waals surface area contributed by atoms with Gasteiger partial charge in [-0.1, -0.05) is 13.0 Å². The van der Waals surface area contributed by atoms with Gasteiger partial charge >= 0.3 is 0 Å². The van der Waals surface area contributed by atoms with Crippen LogP contribution in [0.4, 0.5) is 11.4 Å². The summed E-state index contributed by atoms with van der Waals surface area (Å²) in [5, 5.41) is 0. The lowest BCUT2D eigenvalue weighted by Gasteiger charge is -2.28. The molecule has 0 atom stereocenters. The minimum absolute atomic E-state index is 0.228. The Morgan fingerprint density at radius 2 is 2.19 bits per heavy atom. The van der Waals surface area contributed by atoms with Gasteiger partial charge in [0, 0.05) is 24.3 Å². The zero-order valence-corrected chi connectivity index (χ0v) is 9.70. The van der Waals surface area contributed by atoms with Crippen LogP contribution < -0.4 is 10.6 Å². The van der Waals surface area contributed by atoms with Crippen molar-refractivity contribution in [1.82, 2.24) is 0 Å². The van der Waals surface area contributed by atoms with Crippen LogP contribution in [0.1, 0.15) is 31.7 Å². The molecule has 86 valence electrons. The van der Waals surface area contributed by atoms with Crippen LogP contribution in [0.15, 0.2) is 18.2 Å². The molecule has 2 rings (SSSR count). The van der Waals surface area contributed by atoms with Crippen molar-refractivity contribution in [2.45, 2.75) is 32.6 Å². The number of rotatable bonds is 2. The highest BCUT2D eigenvalue weighted by molar-refractivity contribution is 5.95. The highest BCUT2D eigenvalue weighted by Crippen LogP contribution is 2.27. The predicted octanol–water partition coefficient (Wildman–Crippen LogP) is 2.35. The maximum Gasteiger partial charge on any atom is 0.226 e. The fourth-order valence-corrected chi connectivity index (χ4v) is 2.19. The summed E-state index contributed by atoms with van der Waals surface area (Å²) >= 11 is 0. The first-order chi connectivity index (χ1) is 7.72. The lowest BCUT2D eigenvalue weighted by molar-refractivity contribution is -0.119. The van der Waals surface area contributed by atoms with Gasteiger partial charge < -0.3 is 10.6 Å². The third kappa shape index (κ3) is 2.03. The van der Waals surface area contributed by atoms with E-state index in [1.54, 1.807) is 0 Å². The molecule has 3 nitrogen and oxygen atoms in total. The number of anilines is 2. The molecule has 0 unspecified atom stereocenters. The van der Waals surface area contributed by atoms with Crippen molar-refractivity contribution in [3.63, 3.8) is 0 Å². The van der Waals surface area contributed by atoms with Gasteiger partial charge in [0.25, 0.3) is 0 Å². The quantitative estimate of drug-likeness (QED) is 0.774. The number of nitrogens with zero attached hydrogens (tertiary/aromatic N) is 1. The van der Waals surface area contributed by atoms with Crippen LogP contribution in [0.3, 0.4) is 0 Å². The first-order valence-electron chi connectivity index (χ1n) is 5.91. The number of aryl methyl sites for hydroxylation is 1. The number of hydrogen-bond acceptors (Lipinski definition) is 2. The molecule has 1 saturated heterocycles. The summed E-state index contributed by atoms with van der Waals surface area (Å²) < 4.78 is 0. The van der Waals surface area contributed by atoms with Gasteiger partial charge in [0.2, 0.25) is 5.91 Å². The summed E-state index contributed by atoms with van der Waals surface area (Å²) in [7, 11) is 0. The predicted molar refractivity (Wildman–Crippen MR) is 66.4 cm³/mol. The van der Waals surface area contributed by atoms with E-state index in [4.69, 9.17) is 5.73 Å². The third-order valence-corrected chi connectivity index (χ3v) is 3.10. The van der Waals surface area contributed by atoms with E-state index in [9.17, 15) is 4.79 Å². The molecule has 1 aromatic carbocycles. The minimum Gasteiger partial charge on any atom is -0.399 e. The molecular formula is C13H18N2O. The SMILES string of the molecule is CCc1ccc(N)cc1N1CCCCC1=O. The van der Waals surface area contributed by atoms with Crippen molar-refractivity contribution >= 4 is 17.3 Å². The van der Waals surface area contributed by atoms with Gasteiger partial charge in [-0.2, -0.15) is 0 Å². The molecule has 0 spiro atoms. The van der Waals surface area contributed by atoms with E-state index in [1.165, 1.54) is 5.56 Å². The van der Waals surface area contributed by atoms with Crippen LogP contribution in [0.2, 0.25) is 0 Å². The van der Waals surface area contributed by atoms with Gasteiger partial charge in [0.1, 0.15) is 0 Å². The molecule has 0 aromatic heterocycles. The van der Waals surface area contributed by atoms with Gasteiger partial charge in [-0.3, -0.25) is 4.79 Å². The molecule has 1 aliphatic rings. The maximum atomic E-state index is 11.9. The maximum absolute atomic E-state index is 11.9. The second-order valence-electron chi connectivity index (χ2n) is 4.24. The fraction of sp³-hybridized carbons (Fsp3) is 0.462. The van der Waals surface area contributed by atoms with Gasteiger partial charge in [-0.05, 0) is 37.0 Å². The molecule has 0 bridgehead atoms. The monoisotopic (exact) mass is 218 g/mol. The summed E-state index contributed by atoms with van der Waals surface area (Å²) in [6, 6.07) is 5.84. The lowest BCUT2D eigenvalue weighted by Crippen LogP contribution is -2.35. The zero-order valence-electron chi connectivity index (χ0n) is 9.70. The molecule has 1 fully saturated rings. The summed E-state index contributed by atoms with van der Waals surface area (Å²) in [5.41, 5.74) is 8.73. The van der Waals surface area contributed by atoms with Crippen molar-refractivity contribution in [2.75, 3.05) is 17.2 Å². The van der Waals surface area contributed by atoms with Crippen LogP contribution >= 0.6 is 0 Å². The van der Waals surface area contributed by atoms with E-state index < -0.39 is 0 Å². The van der Waals surface area contributed by atoms with Crippen molar-refractivity contribution in [1.29, 1.82) is 0 Å². The second-order valence-corrected chi connectivity index (χ2v) is 4.24. The molecule has 16 heavy (non-hydrogen) atoms. The molecule has 0 radical (unpaired) electrons. The summed E-state index contributed by atoms with van der Waals surface area (Å²) in [6.07, 6.45) is 3.69.